The van der Waals surface area contributed by atoms with Gasteiger partial charge in [-0.3, -0.25) is 14.5 Å². The maximum Gasteiger partial charge on any atom is 0.225 e. The average Bonchev–Trinajstić information content (AvgIpc) is 2.46. The van der Waals surface area contributed by atoms with E-state index in [4.69, 9.17) is 5.73 Å². The van der Waals surface area contributed by atoms with Gasteiger partial charge >= 0.3 is 0 Å². The molecule has 2 fully saturated rings. The Hall–Kier alpha value is -1.10. The van der Waals surface area contributed by atoms with Gasteiger partial charge in [-0.15, -0.1) is 0 Å². The molecule has 0 atom stereocenters. The molecule has 5 nitrogen and oxygen atoms in total. The molecule has 1 saturated heterocycles. The van der Waals surface area contributed by atoms with Crippen LogP contribution in [0.3, 0.4) is 0 Å². The first kappa shape index (κ1) is 15.3. The molecule has 0 radical (unpaired) electrons. The van der Waals surface area contributed by atoms with E-state index >= 15 is 0 Å². The summed E-state index contributed by atoms with van der Waals surface area (Å²) >= 11 is 0. The van der Waals surface area contributed by atoms with Crippen LogP contribution < -0.4 is 5.73 Å². The summed E-state index contributed by atoms with van der Waals surface area (Å²) in [5.74, 6) is 0.172. The Kier molecular flexibility index (Phi) is 5.02. The van der Waals surface area contributed by atoms with Crippen LogP contribution in [0.25, 0.3) is 0 Å². The van der Waals surface area contributed by atoms with E-state index in [-0.39, 0.29) is 23.7 Å². The van der Waals surface area contributed by atoms with Gasteiger partial charge in [0.15, 0.2) is 0 Å². The molecule has 114 valence electrons. The van der Waals surface area contributed by atoms with Gasteiger partial charge in [0, 0.05) is 44.1 Å². The van der Waals surface area contributed by atoms with Crippen LogP contribution in [-0.2, 0) is 9.59 Å². The van der Waals surface area contributed by atoms with E-state index in [1.54, 1.807) is 0 Å². The molecule has 20 heavy (non-hydrogen) atoms. The number of primary amides is 1. The van der Waals surface area contributed by atoms with Crippen LogP contribution in [0.4, 0.5) is 0 Å². The molecule has 1 saturated carbocycles. The molecule has 0 aromatic heterocycles. The van der Waals surface area contributed by atoms with E-state index in [0.717, 1.165) is 51.9 Å². The number of carbonyl (C=O) groups excluding carboxylic acids is 2. The van der Waals surface area contributed by atoms with Crippen molar-refractivity contribution in [1.29, 1.82) is 0 Å². The van der Waals surface area contributed by atoms with Gasteiger partial charge in [-0.05, 0) is 39.5 Å². The highest BCUT2D eigenvalue weighted by Gasteiger charge is 2.32. The van der Waals surface area contributed by atoms with E-state index in [0.29, 0.717) is 6.04 Å². The molecule has 1 aliphatic heterocycles. The fourth-order valence-corrected chi connectivity index (χ4v) is 3.34. The second-order valence-electron chi connectivity index (χ2n) is 6.41. The van der Waals surface area contributed by atoms with Crippen molar-refractivity contribution in [2.24, 2.45) is 17.6 Å². The monoisotopic (exact) mass is 281 g/mol. The zero-order valence-electron chi connectivity index (χ0n) is 12.7. The minimum absolute atomic E-state index is 0.0168. The zero-order valence-corrected chi connectivity index (χ0v) is 12.7. The molecule has 0 unspecified atom stereocenters. The summed E-state index contributed by atoms with van der Waals surface area (Å²) < 4.78 is 0. The van der Waals surface area contributed by atoms with Crippen molar-refractivity contribution in [1.82, 2.24) is 9.80 Å². The van der Waals surface area contributed by atoms with E-state index in [1.807, 2.05) is 4.90 Å². The fraction of sp³-hybridized carbons (Fsp3) is 0.867. The lowest BCUT2D eigenvalue weighted by Gasteiger charge is -2.39. The third-order valence-electron chi connectivity index (χ3n) is 4.84. The summed E-state index contributed by atoms with van der Waals surface area (Å²) in [4.78, 5) is 28.1. The number of nitrogens with two attached hydrogens (primary N) is 1. The van der Waals surface area contributed by atoms with Gasteiger partial charge in [-0.1, -0.05) is 0 Å². The lowest BCUT2D eigenvalue weighted by molar-refractivity contribution is -0.139. The second-order valence-corrected chi connectivity index (χ2v) is 6.41. The first-order chi connectivity index (χ1) is 9.49. The normalized spacial score (nSPS) is 28.6. The van der Waals surface area contributed by atoms with Crippen molar-refractivity contribution in [2.75, 3.05) is 26.2 Å². The summed E-state index contributed by atoms with van der Waals surface area (Å²) in [7, 11) is 0. The zero-order chi connectivity index (χ0) is 14.7. The van der Waals surface area contributed by atoms with Crippen LogP contribution in [0.5, 0.6) is 0 Å². The first-order valence-electron chi connectivity index (χ1n) is 7.81. The number of carbonyl (C=O) groups is 2. The van der Waals surface area contributed by atoms with Gasteiger partial charge in [0.25, 0.3) is 0 Å². The molecular weight excluding hydrogens is 254 g/mol. The van der Waals surface area contributed by atoms with Crippen molar-refractivity contribution >= 4 is 11.8 Å². The molecular formula is C15H27N3O2. The van der Waals surface area contributed by atoms with E-state index in [2.05, 4.69) is 18.7 Å². The van der Waals surface area contributed by atoms with Gasteiger partial charge in [0.2, 0.25) is 11.8 Å². The summed E-state index contributed by atoms with van der Waals surface area (Å²) in [6, 6.07) is 0.554. The van der Waals surface area contributed by atoms with E-state index in [1.165, 1.54) is 0 Å². The van der Waals surface area contributed by atoms with Gasteiger partial charge in [-0.2, -0.15) is 0 Å². The van der Waals surface area contributed by atoms with Crippen molar-refractivity contribution < 1.29 is 9.59 Å². The Bertz CT molecular complexity index is 354. The lowest BCUT2D eigenvalue weighted by Crippen LogP contribution is -2.52. The number of nitrogens with zero attached hydrogens (tertiary/aromatic N) is 2. The molecule has 5 heteroatoms. The maximum absolute atomic E-state index is 12.5. The van der Waals surface area contributed by atoms with Crippen molar-refractivity contribution in [3.63, 3.8) is 0 Å². The molecule has 0 spiro atoms. The predicted molar refractivity (Wildman–Crippen MR) is 77.9 cm³/mol. The van der Waals surface area contributed by atoms with E-state index < -0.39 is 0 Å². The maximum atomic E-state index is 12.5. The van der Waals surface area contributed by atoms with Crippen molar-refractivity contribution in [3.8, 4) is 0 Å². The highest BCUT2D eigenvalue weighted by atomic mass is 16.2. The largest absolute Gasteiger partial charge is 0.369 e. The third-order valence-corrected chi connectivity index (χ3v) is 4.84. The quantitative estimate of drug-likeness (QED) is 0.833. The summed E-state index contributed by atoms with van der Waals surface area (Å²) in [5, 5.41) is 0. The molecule has 2 aliphatic rings. The molecule has 0 aromatic rings. The van der Waals surface area contributed by atoms with Crippen LogP contribution in [0.15, 0.2) is 0 Å². The van der Waals surface area contributed by atoms with Crippen LogP contribution >= 0.6 is 0 Å². The van der Waals surface area contributed by atoms with Crippen LogP contribution in [0.2, 0.25) is 0 Å². The highest BCUT2D eigenvalue weighted by molar-refractivity contribution is 5.80. The minimum Gasteiger partial charge on any atom is -0.369 e. The SMILES string of the molecule is CC(C)N1CCN(C(=O)C2CCC(C(N)=O)CC2)CC1. The molecule has 1 aliphatic carbocycles. The highest BCUT2D eigenvalue weighted by Crippen LogP contribution is 2.30. The standard InChI is InChI=1S/C15H27N3O2/c1-11(2)17-7-9-18(10-8-17)15(20)13-5-3-12(4-6-13)14(16)19/h11-13H,3-10H2,1-2H3,(H2,16,19). The van der Waals surface area contributed by atoms with Crippen molar-refractivity contribution in [3.05, 3.63) is 0 Å². The number of hydrogen-bond donors (Lipinski definition) is 1. The van der Waals surface area contributed by atoms with Gasteiger partial charge in [0.05, 0.1) is 0 Å². The Balaban J connectivity index is 1.80. The third kappa shape index (κ3) is 3.51. The van der Waals surface area contributed by atoms with Crippen LogP contribution in [0, 0.1) is 11.8 Å². The summed E-state index contributed by atoms with van der Waals surface area (Å²) in [6.45, 7) is 8.02. The molecule has 0 bridgehead atoms. The lowest BCUT2D eigenvalue weighted by atomic mass is 9.81. The molecule has 1 heterocycles. The van der Waals surface area contributed by atoms with Gasteiger partial charge in [-0.25, -0.2) is 0 Å². The fourth-order valence-electron chi connectivity index (χ4n) is 3.34. The van der Waals surface area contributed by atoms with Gasteiger partial charge in [0.1, 0.15) is 0 Å². The topological polar surface area (TPSA) is 66.6 Å². The summed E-state index contributed by atoms with van der Waals surface area (Å²) in [5.41, 5.74) is 5.34. The smallest absolute Gasteiger partial charge is 0.225 e. The van der Waals surface area contributed by atoms with Crippen molar-refractivity contribution in [2.45, 2.75) is 45.6 Å². The van der Waals surface area contributed by atoms with Crippen LogP contribution in [0.1, 0.15) is 39.5 Å². The molecule has 0 aromatic carbocycles. The first-order valence-corrected chi connectivity index (χ1v) is 7.81. The number of rotatable bonds is 3. The number of hydrogen-bond acceptors (Lipinski definition) is 3. The number of amides is 2. The predicted octanol–water partition coefficient (Wildman–Crippen LogP) is 0.831. The average molecular weight is 281 g/mol. The number of piperazine rings is 1. The Morgan fingerprint density at radius 3 is 1.90 bits per heavy atom. The minimum atomic E-state index is -0.207. The molecule has 2 N–H and O–H groups in total. The molecule has 2 amide bonds. The van der Waals surface area contributed by atoms with E-state index in [9.17, 15) is 9.59 Å². The second kappa shape index (κ2) is 6.57. The Labute approximate surface area is 121 Å². The summed E-state index contributed by atoms with van der Waals surface area (Å²) in [6.07, 6.45) is 3.18. The van der Waals surface area contributed by atoms with Crippen LogP contribution in [-0.4, -0.2) is 53.8 Å². The Morgan fingerprint density at radius 1 is 0.950 bits per heavy atom. The van der Waals surface area contributed by atoms with Gasteiger partial charge < -0.3 is 10.6 Å². The molecule has 2 rings (SSSR count). The Morgan fingerprint density at radius 2 is 1.45 bits per heavy atom.